The minimum atomic E-state index is 0.248. The monoisotopic (exact) mass is 406 g/mol. The standard InChI is InChI=1S/C22H26N6S/c1-14(2)25-22-26-20(19-21(27-22)28(13-24-19)15(3)4)23-11-16-6-5-7-17(10-16)18-8-9-29-12-18/h5-10,12-15H,11H2,1-4H3,(H2,23,25,26,27). The van der Waals surface area contributed by atoms with Crippen LogP contribution in [-0.4, -0.2) is 25.6 Å². The zero-order chi connectivity index (χ0) is 20.4. The predicted octanol–water partition coefficient (Wildman–Crippen LogP) is 5.57. The molecule has 4 aromatic rings. The first kappa shape index (κ1) is 19.4. The Kier molecular flexibility index (Phi) is 5.49. The van der Waals surface area contributed by atoms with Gasteiger partial charge in [-0.05, 0) is 67.3 Å². The summed E-state index contributed by atoms with van der Waals surface area (Å²) in [5.41, 5.74) is 5.31. The Morgan fingerprint density at radius 3 is 2.66 bits per heavy atom. The molecule has 3 aromatic heterocycles. The van der Waals surface area contributed by atoms with Crippen LogP contribution in [0.4, 0.5) is 11.8 Å². The smallest absolute Gasteiger partial charge is 0.226 e. The van der Waals surface area contributed by atoms with Crippen LogP contribution in [0.5, 0.6) is 0 Å². The average Bonchev–Trinajstić information content (AvgIpc) is 3.36. The molecule has 29 heavy (non-hydrogen) atoms. The molecule has 2 N–H and O–H groups in total. The van der Waals surface area contributed by atoms with Gasteiger partial charge in [-0.3, -0.25) is 0 Å². The summed E-state index contributed by atoms with van der Waals surface area (Å²) in [6.07, 6.45) is 1.84. The zero-order valence-electron chi connectivity index (χ0n) is 17.2. The molecule has 0 saturated carbocycles. The molecule has 1 aromatic carbocycles. The Morgan fingerprint density at radius 2 is 1.93 bits per heavy atom. The Bertz CT molecular complexity index is 1100. The van der Waals surface area contributed by atoms with Crippen molar-refractivity contribution in [3.63, 3.8) is 0 Å². The van der Waals surface area contributed by atoms with Crippen LogP contribution in [0.1, 0.15) is 39.3 Å². The fourth-order valence-corrected chi connectivity index (χ4v) is 3.88. The number of aromatic nitrogens is 4. The summed E-state index contributed by atoms with van der Waals surface area (Å²) < 4.78 is 2.07. The van der Waals surface area contributed by atoms with Gasteiger partial charge >= 0.3 is 0 Å². The first-order valence-corrected chi connectivity index (χ1v) is 10.8. The van der Waals surface area contributed by atoms with Crippen LogP contribution in [0.25, 0.3) is 22.3 Å². The highest BCUT2D eigenvalue weighted by Gasteiger charge is 2.15. The van der Waals surface area contributed by atoms with Crippen molar-refractivity contribution in [2.45, 2.75) is 46.3 Å². The Hall–Kier alpha value is -2.93. The van der Waals surface area contributed by atoms with Gasteiger partial charge in [0.05, 0.1) is 6.33 Å². The number of nitrogens with zero attached hydrogens (tertiary/aromatic N) is 4. The zero-order valence-corrected chi connectivity index (χ0v) is 18.0. The van der Waals surface area contributed by atoms with E-state index in [-0.39, 0.29) is 12.1 Å². The topological polar surface area (TPSA) is 67.7 Å². The molecule has 0 fully saturated rings. The van der Waals surface area contributed by atoms with E-state index in [1.807, 2.05) is 6.33 Å². The molecule has 0 amide bonds. The minimum absolute atomic E-state index is 0.248. The Labute approximate surface area is 175 Å². The van der Waals surface area contributed by atoms with Gasteiger partial charge in [-0.2, -0.15) is 21.3 Å². The lowest BCUT2D eigenvalue weighted by molar-refractivity contribution is 0.612. The molecule has 0 aliphatic carbocycles. The van der Waals surface area contributed by atoms with E-state index in [0.29, 0.717) is 12.5 Å². The summed E-state index contributed by atoms with van der Waals surface area (Å²) in [4.78, 5) is 14.0. The number of imidazole rings is 1. The molecule has 0 aliphatic heterocycles. The number of hydrogen-bond donors (Lipinski definition) is 2. The van der Waals surface area contributed by atoms with E-state index in [9.17, 15) is 0 Å². The van der Waals surface area contributed by atoms with E-state index >= 15 is 0 Å². The molecule has 7 heteroatoms. The van der Waals surface area contributed by atoms with Crippen molar-refractivity contribution < 1.29 is 0 Å². The van der Waals surface area contributed by atoms with Gasteiger partial charge in [0.1, 0.15) is 0 Å². The summed E-state index contributed by atoms with van der Waals surface area (Å²) in [6.45, 7) is 9.08. The number of nitrogens with one attached hydrogen (secondary N) is 2. The summed E-state index contributed by atoms with van der Waals surface area (Å²) in [7, 11) is 0. The van der Waals surface area contributed by atoms with Crippen molar-refractivity contribution >= 4 is 34.3 Å². The van der Waals surface area contributed by atoms with Crippen LogP contribution in [0.15, 0.2) is 47.4 Å². The lowest BCUT2D eigenvalue weighted by Crippen LogP contribution is -2.14. The van der Waals surface area contributed by atoms with Gasteiger partial charge in [0.2, 0.25) is 5.95 Å². The summed E-state index contributed by atoms with van der Waals surface area (Å²) in [5.74, 6) is 1.36. The molecule has 0 aliphatic rings. The largest absolute Gasteiger partial charge is 0.364 e. The molecule has 0 saturated heterocycles. The maximum Gasteiger partial charge on any atom is 0.226 e. The quantitative estimate of drug-likeness (QED) is 0.420. The van der Waals surface area contributed by atoms with Gasteiger partial charge in [-0.25, -0.2) is 4.98 Å². The van der Waals surface area contributed by atoms with Gasteiger partial charge in [0.25, 0.3) is 0 Å². The summed E-state index contributed by atoms with van der Waals surface area (Å²) >= 11 is 1.71. The van der Waals surface area contributed by atoms with Crippen molar-refractivity contribution in [3.8, 4) is 11.1 Å². The minimum Gasteiger partial charge on any atom is -0.364 e. The first-order chi connectivity index (χ1) is 14.0. The number of hydrogen-bond acceptors (Lipinski definition) is 6. The van der Waals surface area contributed by atoms with Crippen molar-refractivity contribution in [1.82, 2.24) is 19.5 Å². The Balaban J connectivity index is 1.64. The second kappa shape index (κ2) is 8.21. The molecule has 0 unspecified atom stereocenters. The van der Waals surface area contributed by atoms with E-state index < -0.39 is 0 Å². The van der Waals surface area contributed by atoms with Gasteiger partial charge < -0.3 is 15.2 Å². The first-order valence-electron chi connectivity index (χ1n) is 9.87. The second-order valence-corrected chi connectivity index (χ2v) is 8.46. The normalized spacial score (nSPS) is 11.5. The molecule has 150 valence electrons. The van der Waals surface area contributed by atoms with Crippen molar-refractivity contribution in [3.05, 3.63) is 53.0 Å². The summed E-state index contributed by atoms with van der Waals surface area (Å²) in [5, 5.41) is 11.1. The van der Waals surface area contributed by atoms with E-state index in [1.54, 1.807) is 11.3 Å². The van der Waals surface area contributed by atoms with E-state index in [1.165, 1.54) is 16.7 Å². The SMILES string of the molecule is CC(C)Nc1nc(NCc2cccc(-c3ccsc3)c2)c2ncn(C(C)C)c2n1. The lowest BCUT2D eigenvalue weighted by atomic mass is 10.1. The van der Waals surface area contributed by atoms with Crippen LogP contribution in [0, 0.1) is 0 Å². The average molecular weight is 407 g/mol. The predicted molar refractivity (Wildman–Crippen MR) is 122 cm³/mol. The van der Waals surface area contributed by atoms with Crippen molar-refractivity contribution in [2.24, 2.45) is 0 Å². The molecular formula is C22H26N6S. The number of anilines is 2. The highest BCUT2D eigenvalue weighted by atomic mass is 32.1. The fraction of sp³-hybridized carbons (Fsp3) is 0.318. The molecule has 0 bridgehead atoms. The van der Waals surface area contributed by atoms with Crippen molar-refractivity contribution in [2.75, 3.05) is 10.6 Å². The van der Waals surface area contributed by atoms with Crippen LogP contribution in [0.2, 0.25) is 0 Å². The Morgan fingerprint density at radius 1 is 1.07 bits per heavy atom. The van der Waals surface area contributed by atoms with E-state index in [4.69, 9.17) is 9.97 Å². The third-order valence-corrected chi connectivity index (χ3v) is 5.32. The fourth-order valence-electron chi connectivity index (χ4n) is 3.22. The van der Waals surface area contributed by atoms with Crippen LogP contribution < -0.4 is 10.6 Å². The maximum absolute atomic E-state index is 4.70. The van der Waals surface area contributed by atoms with Gasteiger partial charge in [0, 0.05) is 18.6 Å². The van der Waals surface area contributed by atoms with Gasteiger partial charge in [-0.1, -0.05) is 18.2 Å². The summed E-state index contributed by atoms with van der Waals surface area (Å²) in [6, 6.07) is 11.2. The van der Waals surface area contributed by atoms with E-state index in [0.717, 1.165) is 17.0 Å². The van der Waals surface area contributed by atoms with Crippen LogP contribution >= 0.6 is 11.3 Å². The molecule has 0 atom stereocenters. The van der Waals surface area contributed by atoms with Crippen molar-refractivity contribution in [1.29, 1.82) is 0 Å². The number of benzene rings is 1. The van der Waals surface area contributed by atoms with Gasteiger partial charge in [0.15, 0.2) is 17.0 Å². The van der Waals surface area contributed by atoms with Gasteiger partial charge in [-0.15, -0.1) is 0 Å². The molecule has 0 spiro atoms. The third-order valence-electron chi connectivity index (χ3n) is 4.64. The number of rotatable bonds is 7. The number of thiophene rings is 1. The molecule has 3 heterocycles. The lowest BCUT2D eigenvalue weighted by Gasteiger charge is -2.13. The highest BCUT2D eigenvalue weighted by Crippen LogP contribution is 2.26. The molecule has 0 radical (unpaired) electrons. The molecular weight excluding hydrogens is 380 g/mol. The maximum atomic E-state index is 4.70. The second-order valence-electron chi connectivity index (χ2n) is 7.68. The molecule has 6 nitrogen and oxygen atoms in total. The molecule has 4 rings (SSSR count). The van der Waals surface area contributed by atoms with E-state index in [2.05, 4.69) is 89.0 Å². The third kappa shape index (κ3) is 4.24. The van der Waals surface area contributed by atoms with Crippen LogP contribution in [0.3, 0.4) is 0 Å². The highest BCUT2D eigenvalue weighted by molar-refractivity contribution is 7.08. The number of fused-ring (bicyclic) bond motifs is 1. The van der Waals surface area contributed by atoms with Crippen LogP contribution in [-0.2, 0) is 6.54 Å².